The van der Waals surface area contributed by atoms with Crippen molar-refractivity contribution in [1.82, 2.24) is 4.90 Å². The van der Waals surface area contributed by atoms with Crippen LogP contribution in [-0.4, -0.2) is 43.0 Å². The highest BCUT2D eigenvalue weighted by Crippen LogP contribution is 2.31. The van der Waals surface area contributed by atoms with Crippen molar-refractivity contribution in [2.45, 2.75) is 18.9 Å². The first-order valence-corrected chi connectivity index (χ1v) is 8.53. The highest BCUT2D eigenvalue weighted by atomic mass is 16.6. The Morgan fingerprint density at radius 3 is 2.46 bits per heavy atom. The van der Waals surface area contributed by atoms with Crippen LogP contribution < -0.4 is 15.2 Å². The van der Waals surface area contributed by atoms with E-state index in [0.717, 1.165) is 5.56 Å². The summed E-state index contributed by atoms with van der Waals surface area (Å²) >= 11 is 0. The second kappa shape index (κ2) is 7.91. The molecule has 1 aliphatic rings. The topological polar surface area (TPSA) is 81.9 Å². The van der Waals surface area contributed by atoms with Crippen LogP contribution >= 0.6 is 0 Å². The third-order valence-corrected chi connectivity index (χ3v) is 4.41. The van der Waals surface area contributed by atoms with E-state index in [0.29, 0.717) is 36.7 Å². The summed E-state index contributed by atoms with van der Waals surface area (Å²) in [5.41, 5.74) is 6.93. The summed E-state index contributed by atoms with van der Waals surface area (Å²) < 4.78 is 11.0. The Kier molecular flexibility index (Phi) is 5.41. The second-order valence-corrected chi connectivity index (χ2v) is 6.29. The molecule has 6 heteroatoms. The van der Waals surface area contributed by atoms with Gasteiger partial charge in [-0.2, -0.15) is 0 Å². The van der Waals surface area contributed by atoms with E-state index in [1.54, 1.807) is 30.1 Å². The minimum absolute atomic E-state index is 0.0989. The largest absolute Gasteiger partial charge is 0.486 e. The molecule has 0 bridgehead atoms. The van der Waals surface area contributed by atoms with E-state index in [4.69, 9.17) is 15.2 Å². The van der Waals surface area contributed by atoms with Gasteiger partial charge in [0.1, 0.15) is 13.2 Å². The predicted molar refractivity (Wildman–Crippen MR) is 97.3 cm³/mol. The quantitative estimate of drug-likeness (QED) is 0.860. The van der Waals surface area contributed by atoms with Crippen LogP contribution in [0.2, 0.25) is 0 Å². The zero-order chi connectivity index (χ0) is 18.5. The summed E-state index contributed by atoms with van der Waals surface area (Å²) in [4.78, 5) is 26.0. The average Bonchev–Trinajstić information content (AvgIpc) is 2.66. The number of nitrogens with two attached hydrogens (primary N) is 1. The van der Waals surface area contributed by atoms with Crippen LogP contribution in [0.25, 0.3) is 0 Å². The minimum Gasteiger partial charge on any atom is -0.486 e. The molecule has 3 rings (SSSR count). The summed E-state index contributed by atoms with van der Waals surface area (Å²) in [6, 6.07) is 14.5. The maximum atomic E-state index is 12.9. The predicted octanol–water partition coefficient (Wildman–Crippen LogP) is 2.02. The standard InChI is InChI=1S/C20H22N2O4/c1-22(16(13-19(21)23)11-14-5-3-2-4-6-14)20(24)15-7-8-17-18(12-15)26-10-9-25-17/h2-8,12,16H,9-11,13H2,1H3,(H2,21,23). The van der Waals surface area contributed by atoms with Gasteiger partial charge in [-0.15, -0.1) is 0 Å². The van der Waals surface area contributed by atoms with Crippen LogP contribution in [0.3, 0.4) is 0 Å². The normalized spacial score (nSPS) is 13.7. The van der Waals surface area contributed by atoms with Crippen molar-refractivity contribution in [2.24, 2.45) is 5.73 Å². The van der Waals surface area contributed by atoms with Gasteiger partial charge in [-0.3, -0.25) is 9.59 Å². The van der Waals surface area contributed by atoms with Gasteiger partial charge in [-0.25, -0.2) is 0 Å². The minimum atomic E-state index is -0.437. The maximum Gasteiger partial charge on any atom is 0.254 e. The molecule has 0 aliphatic carbocycles. The second-order valence-electron chi connectivity index (χ2n) is 6.29. The van der Waals surface area contributed by atoms with E-state index >= 15 is 0 Å². The molecule has 2 aromatic carbocycles. The summed E-state index contributed by atoms with van der Waals surface area (Å²) in [6.45, 7) is 0.955. The van der Waals surface area contributed by atoms with Crippen LogP contribution in [0.15, 0.2) is 48.5 Å². The summed E-state index contributed by atoms with van der Waals surface area (Å²) in [5.74, 6) is 0.565. The van der Waals surface area contributed by atoms with Gasteiger partial charge in [-0.1, -0.05) is 30.3 Å². The van der Waals surface area contributed by atoms with Crippen LogP contribution in [0.5, 0.6) is 11.5 Å². The van der Waals surface area contributed by atoms with E-state index in [1.165, 1.54) is 0 Å². The molecule has 1 unspecified atom stereocenters. The van der Waals surface area contributed by atoms with Gasteiger partial charge in [0.05, 0.1) is 0 Å². The van der Waals surface area contributed by atoms with Gasteiger partial charge >= 0.3 is 0 Å². The number of primary amides is 1. The molecule has 2 amide bonds. The third kappa shape index (κ3) is 4.14. The zero-order valence-corrected chi connectivity index (χ0v) is 14.7. The third-order valence-electron chi connectivity index (χ3n) is 4.41. The SMILES string of the molecule is CN(C(=O)c1ccc2c(c1)OCCO2)C(CC(N)=O)Cc1ccccc1. The summed E-state index contributed by atoms with van der Waals surface area (Å²) in [7, 11) is 1.69. The lowest BCUT2D eigenvalue weighted by molar-refractivity contribution is -0.118. The number of carbonyl (C=O) groups is 2. The van der Waals surface area contributed by atoms with Crippen molar-refractivity contribution < 1.29 is 19.1 Å². The van der Waals surface area contributed by atoms with Crippen LogP contribution in [0.4, 0.5) is 0 Å². The highest BCUT2D eigenvalue weighted by Gasteiger charge is 2.24. The molecular weight excluding hydrogens is 332 g/mol. The fraction of sp³-hybridized carbons (Fsp3) is 0.300. The van der Waals surface area contributed by atoms with Crippen molar-refractivity contribution in [3.8, 4) is 11.5 Å². The van der Waals surface area contributed by atoms with Crippen LogP contribution in [0.1, 0.15) is 22.3 Å². The lowest BCUT2D eigenvalue weighted by atomic mass is 10.0. The molecule has 2 aromatic rings. The molecule has 1 heterocycles. The summed E-state index contributed by atoms with van der Waals surface area (Å²) in [6.07, 6.45) is 0.651. The maximum absolute atomic E-state index is 12.9. The number of carbonyl (C=O) groups excluding carboxylic acids is 2. The molecule has 1 atom stereocenters. The number of rotatable bonds is 6. The number of benzene rings is 2. The Labute approximate surface area is 152 Å². The Morgan fingerprint density at radius 1 is 1.08 bits per heavy atom. The van der Waals surface area contributed by atoms with Crippen molar-refractivity contribution in [3.05, 3.63) is 59.7 Å². The molecule has 0 saturated carbocycles. The number of likely N-dealkylation sites (N-methyl/N-ethyl adjacent to an activating group) is 1. The summed E-state index contributed by atoms with van der Waals surface area (Å²) in [5, 5.41) is 0. The Balaban J connectivity index is 1.80. The molecule has 0 saturated heterocycles. The first-order chi connectivity index (χ1) is 12.5. The van der Waals surface area contributed by atoms with Crippen molar-refractivity contribution >= 4 is 11.8 Å². The number of hydrogen-bond acceptors (Lipinski definition) is 4. The fourth-order valence-electron chi connectivity index (χ4n) is 3.01. The van der Waals surface area contributed by atoms with Crippen LogP contribution in [0, 0.1) is 0 Å². The first-order valence-electron chi connectivity index (χ1n) is 8.53. The van der Waals surface area contributed by atoms with E-state index in [1.807, 2.05) is 30.3 Å². The van der Waals surface area contributed by atoms with Gasteiger partial charge in [-0.05, 0) is 30.2 Å². The molecule has 0 aromatic heterocycles. The average molecular weight is 354 g/mol. The highest BCUT2D eigenvalue weighted by molar-refractivity contribution is 5.95. The first kappa shape index (κ1) is 17.8. The fourth-order valence-corrected chi connectivity index (χ4v) is 3.01. The Bertz CT molecular complexity index is 792. The molecule has 0 fully saturated rings. The molecule has 0 spiro atoms. The molecule has 2 N–H and O–H groups in total. The van der Waals surface area contributed by atoms with Crippen LogP contribution in [-0.2, 0) is 11.2 Å². The monoisotopic (exact) mass is 354 g/mol. The molecular formula is C20H22N2O4. The van der Waals surface area contributed by atoms with Gasteiger partial charge < -0.3 is 20.1 Å². The number of hydrogen-bond donors (Lipinski definition) is 1. The van der Waals surface area contributed by atoms with Crippen molar-refractivity contribution in [2.75, 3.05) is 20.3 Å². The molecule has 0 radical (unpaired) electrons. The van der Waals surface area contributed by atoms with Gasteiger partial charge in [0, 0.05) is 25.1 Å². The molecule has 6 nitrogen and oxygen atoms in total. The lowest BCUT2D eigenvalue weighted by Crippen LogP contribution is -2.41. The Hall–Kier alpha value is -3.02. The number of amides is 2. The van der Waals surface area contributed by atoms with Crippen molar-refractivity contribution in [1.29, 1.82) is 0 Å². The molecule has 1 aliphatic heterocycles. The van der Waals surface area contributed by atoms with E-state index < -0.39 is 5.91 Å². The van der Waals surface area contributed by atoms with E-state index in [2.05, 4.69) is 0 Å². The van der Waals surface area contributed by atoms with Gasteiger partial charge in [0.15, 0.2) is 11.5 Å². The van der Waals surface area contributed by atoms with Gasteiger partial charge in [0.25, 0.3) is 5.91 Å². The number of nitrogens with zero attached hydrogens (tertiary/aromatic N) is 1. The lowest BCUT2D eigenvalue weighted by Gasteiger charge is -2.28. The zero-order valence-electron chi connectivity index (χ0n) is 14.7. The Morgan fingerprint density at radius 2 is 1.77 bits per heavy atom. The van der Waals surface area contributed by atoms with E-state index in [9.17, 15) is 9.59 Å². The number of fused-ring (bicyclic) bond motifs is 1. The van der Waals surface area contributed by atoms with E-state index in [-0.39, 0.29) is 18.4 Å². The van der Waals surface area contributed by atoms with Crippen molar-refractivity contribution in [3.63, 3.8) is 0 Å². The number of ether oxygens (including phenoxy) is 2. The molecule has 136 valence electrons. The smallest absolute Gasteiger partial charge is 0.254 e. The molecule has 26 heavy (non-hydrogen) atoms. The van der Waals surface area contributed by atoms with Gasteiger partial charge in [0.2, 0.25) is 5.91 Å².